The third-order valence-electron chi connectivity index (χ3n) is 6.27. The van der Waals surface area contributed by atoms with Gasteiger partial charge in [-0.1, -0.05) is 48.9 Å². The smallest absolute Gasteiger partial charge is 0.323 e. The highest BCUT2D eigenvalue weighted by molar-refractivity contribution is 6.04. The van der Waals surface area contributed by atoms with Crippen molar-refractivity contribution in [2.24, 2.45) is 0 Å². The maximum atomic E-state index is 13.2. The molecule has 6 nitrogen and oxygen atoms in total. The van der Waals surface area contributed by atoms with E-state index in [9.17, 15) is 9.59 Å². The second-order valence-electron chi connectivity index (χ2n) is 8.90. The number of benzene rings is 3. The lowest BCUT2D eigenvalue weighted by Gasteiger charge is -2.32. The number of urea groups is 1. The molecule has 6 heteroatoms. The molecule has 3 amide bonds. The van der Waals surface area contributed by atoms with Gasteiger partial charge in [-0.3, -0.25) is 4.79 Å². The Labute approximate surface area is 201 Å². The molecule has 3 N–H and O–H groups in total. The molecule has 1 unspecified atom stereocenters. The second kappa shape index (κ2) is 10.4. The highest BCUT2D eigenvalue weighted by Crippen LogP contribution is 2.30. The molecule has 0 fully saturated rings. The standard InChI is InChI=1S/C28H32N4O2/c1-4-20(3)29-27(33)25-17-24(31-28(34)30-23-11-9-19(2)10-12-23)13-14-26(25)32-16-15-21-7-5-6-8-22(21)18-32/h5-14,17,20H,4,15-16,18H2,1-3H3,(H,29,33)(H2,30,31,34). The summed E-state index contributed by atoms with van der Waals surface area (Å²) < 4.78 is 0. The molecule has 1 aliphatic rings. The highest BCUT2D eigenvalue weighted by atomic mass is 16.2. The number of hydrogen-bond acceptors (Lipinski definition) is 3. The summed E-state index contributed by atoms with van der Waals surface area (Å²) in [6.07, 6.45) is 1.77. The predicted octanol–water partition coefficient (Wildman–Crippen LogP) is 5.73. The van der Waals surface area contributed by atoms with Crippen LogP contribution in [0.5, 0.6) is 0 Å². The Morgan fingerprint density at radius 1 is 0.941 bits per heavy atom. The van der Waals surface area contributed by atoms with E-state index < -0.39 is 0 Å². The summed E-state index contributed by atoms with van der Waals surface area (Å²) in [7, 11) is 0. The lowest BCUT2D eigenvalue weighted by Crippen LogP contribution is -2.36. The minimum atomic E-state index is -0.350. The van der Waals surface area contributed by atoms with Crippen LogP contribution >= 0.6 is 0 Å². The van der Waals surface area contributed by atoms with Crippen molar-refractivity contribution in [1.82, 2.24) is 5.32 Å². The third-order valence-corrected chi connectivity index (χ3v) is 6.27. The van der Waals surface area contributed by atoms with Crippen LogP contribution in [0.3, 0.4) is 0 Å². The molecular formula is C28H32N4O2. The Balaban J connectivity index is 1.57. The Kier molecular flexibility index (Phi) is 7.16. The molecule has 0 aliphatic carbocycles. The number of nitrogens with one attached hydrogen (secondary N) is 3. The summed E-state index contributed by atoms with van der Waals surface area (Å²) in [5.41, 5.74) is 6.48. The van der Waals surface area contributed by atoms with Crippen molar-refractivity contribution in [3.63, 3.8) is 0 Å². The van der Waals surface area contributed by atoms with Gasteiger partial charge in [-0.2, -0.15) is 0 Å². The van der Waals surface area contributed by atoms with Crippen LogP contribution in [0, 0.1) is 6.92 Å². The molecule has 176 valence electrons. The fourth-order valence-electron chi connectivity index (χ4n) is 4.11. The number of carbonyl (C=O) groups is 2. The second-order valence-corrected chi connectivity index (χ2v) is 8.90. The van der Waals surface area contributed by atoms with E-state index >= 15 is 0 Å². The van der Waals surface area contributed by atoms with Crippen molar-refractivity contribution in [2.45, 2.75) is 46.2 Å². The third kappa shape index (κ3) is 5.57. The average molecular weight is 457 g/mol. The van der Waals surface area contributed by atoms with Gasteiger partial charge in [-0.05, 0) is 68.1 Å². The van der Waals surface area contributed by atoms with Crippen LogP contribution in [-0.2, 0) is 13.0 Å². The maximum Gasteiger partial charge on any atom is 0.323 e. The number of rotatable bonds is 6. The van der Waals surface area contributed by atoms with Crippen LogP contribution in [0.4, 0.5) is 21.9 Å². The average Bonchev–Trinajstić information content (AvgIpc) is 2.85. The predicted molar refractivity (Wildman–Crippen MR) is 139 cm³/mol. The zero-order chi connectivity index (χ0) is 24.1. The Hall–Kier alpha value is -3.80. The van der Waals surface area contributed by atoms with Gasteiger partial charge in [0, 0.05) is 36.2 Å². The van der Waals surface area contributed by atoms with Crippen molar-refractivity contribution >= 4 is 29.0 Å². The summed E-state index contributed by atoms with van der Waals surface area (Å²) in [6.45, 7) is 7.62. The van der Waals surface area contributed by atoms with E-state index in [0.29, 0.717) is 16.9 Å². The molecule has 1 heterocycles. The number of hydrogen-bond donors (Lipinski definition) is 3. The van der Waals surface area contributed by atoms with Gasteiger partial charge in [-0.15, -0.1) is 0 Å². The van der Waals surface area contributed by atoms with Crippen LogP contribution in [0.15, 0.2) is 66.7 Å². The molecule has 0 spiro atoms. The van der Waals surface area contributed by atoms with Gasteiger partial charge in [0.05, 0.1) is 5.56 Å². The summed E-state index contributed by atoms with van der Waals surface area (Å²) in [4.78, 5) is 28.0. The van der Waals surface area contributed by atoms with E-state index in [4.69, 9.17) is 0 Å². The Bertz CT molecular complexity index is 1170. The molecule has 1 aliphatic heterocycles. The molecule has 0 aromatic heterocycles. The molecule has 0 saturated carbocycles. The zero-order valence-electron chi connectivity index (χ0n) is 20.0. The van der Waals surface area contributed by atoms with Crippen LogP contribution in [0.1, 0.15) is 47.3 Å². The molecule has 34 heavy (non-hydrogen) atoms. The maximum absolute atomic E-state index is 13.2. The van der Waals surface area contributed by atoms with Crippen LogP contribution in [0.25, 0.3) is 0 Å². The first-order valence-corrected chi connectivity index (χ1v) is 11.8. The molecular weight excluding hydrogens is 424 g/mol. The largest absolute Gasteiger partial charge is 0.366 e. The Morgan fingerprint density at radius 3 is 2.35 bits per heavy atom. The molecule has 3 aromatic carbocycles. The number of amides is 3. The lowest BCUT2D eigenvalue weighted by atomic mass is 9.98. The fraction of sp³-hybridized carbons (Fsp3) is 0.286. The molecule has 0 saturated heterocycles. The summed E-state index contributed by atoms with van der Waals surface area (Å²) in [5.74, 6) is -0.134. The van der Waals surface area contributed by atoms with E-state index in [2.05, 4.69) is 45.1 Å². The van der Waals surface area contributed by atoms with Gasteiger partial charge in [0.15, 0.2) is 0 Å². The van der Waals surface area contributed by atoms with E-state index in [-0.39, 0.29) is 18.0 Å². The van der Waals surface area contributed by atoms with E-state index in [1.165, 1.54) is 11.1 Å². The quantitative estimate of drug-likeness (QED) is 0.443. The summed E-state index contributed by atoms with van der Waals surface area (Å²) in [6, 6.07) is 21.3. The normalized spacial score (nSPS) is 13.6. The zero-order valence-corrected chi connectivity index (χ0v) is 20.0. The number of anilines is 3. The van der Waals surface area contributed by atoms with Crippen molar-refractivity contribution in [3.8, 4) is 0 Å². The van der Waals surface area contributed by atoms with Gasteiger partial charge in [0.2, 0.25) is 0 Å². The molecule has 4 rings (SSSR count). The van der Waals surface area contributed by atoms with Crippen LogP contribution < -0.4 is 20.9 Å². The fourth-order valence-corrected chi connectivity index (χ4v) is 4.11. The highest BCUT2D eigenvalue weighted by Gasteiger charge is 2.22. The van der Waals surface area contributed by atoms with E-state index in [1.807, 2.05) is 57.2 Å². The summed E-state index contributed by atoms with van der Waals surface area (Å²) >= 11 is 0. The SMILES string of the molecule is CCC(C)NC(=O)c1cc(NC(=O)Nc2ccc(C)cc2)ccc1N1CCc2ccccc2C1. The molecule has 1 atom stereocenters. The monoisotopic (exact) mass is 456 g/mol. The molecule has 3 aromatic rings. The number of aryl methyl sites for hydroxylation is 1. The first kappa shape index (κ1) is 23.4. The van der Waals surface area contributed by atoms with Gasteiger partial charge < -0.3 is 20.9 Å². The molecule has 0 bridgehead atoms. The first-order chi connectivity index (χ1) is 16.4. The van der Waals surface area contributed by atoms with E-state index in [1.54, 1.807) is 6.07 Å². The van der Waals surface area contributed by atoms with Crippen molar-refractivity contribution in [1.29, 1.82) is 0 Å². The molecule has 0 radical (unpaired) electrons. The minimum absolute atomic E-state index is 0.0592. The number of nitrogens with zero attached hydrogens (tertiary/aromatic N) is 1. The van der Waals surface area contributed by atoms with E-state index in [0.717, 1.165) is 37.2 Å². The van der Waals surface area contributed by atoms with Gasteiger partial charge in [0.25, 0.3) is 5.91 Å². The lowest BCUT2D eigenvalue weighted by molar-refractivity contribution is 0.0939. The van der Waals surface area contributed by atoms with Gasteiger partial charge >= 0.3 is 6.03 Å². The number of fused-ring (bicyclic) bond motifs is 1. The van der Waals surface area contributed by atoms with Crippen molar-refractivity contribution in [3.05, 3.63) is 89.0 Å². The van der Waals surface area contributed by atoms with Crippen molar-refractivity contribution < 1.29 is 9.59 Å². The topological polar surface area (TPSA) is 73.5 Å². The Morgan fingerprint density at radius 2 is 1.62 bits per heavy atom. The summed E-state index contributed by atoms with van der Waals surface area (Å²) in [5, 5.41) is 8.78. The van der Waals surface area contributed by atoms with Crippen LogP contribution in [0.2, 0.25) is 0 Å². The first-order valence-electron chi connectivity index (χ1n) is 11.8. The van der Waals surface area contributed by atoms with Crippen LogP contribution in [-0.4, -0.2) is 24.5 Å². The van der Waals surface area contributed by atoms with Crippen molar-refractivity contribution in [2.75, 3.05) is 22.1 Å². The van der Waals surface area contributed by atoms with Gasteiger partial charge in [-0.25, -0.2) is 4.79 Å². The van der Waals surface area contributed by atoms with Gasteiger partial charge in [0.1, 0.15) is 0 Å². The minimum Gasteiger partial charge on any atom is -0.366 e. The number of carbonyl (C=O) groups excluding carboxylic acids is 2.